The van der Waals surface area contributed by atoms with Crippen molar-refractivity contribution in [1.82, 2.24) is 14.8 Å². The Morgan fingerprint density at radius 1 is 1.27 bits per heavy atom. The summed E-state index contributed by atoms with van der Waals surface area (Å²) in [6.07, 6.45) is 4.69. The predicted molar refractivity (Wildman–Crippen MR) is 99.1 cm³/mol. The monoisotopic (exact) mass is 355 g/mol. The third-order valence-corrected chi connectivity index (χ3v) is 6.61. The summed E-state index contributed by atoms with van der Waals surface area (Å²) in [5.41, 5.74) is 2.14. The highest BCUT2D eigenvalue weighted by Crippen LogP contribution is 2.43. The van der Waals surface area contributed by atoms with Crippen LogP contribution in [0.1, 0.15) is 50.4 Å². The van der Waals surface area contributed by atoms with E-state index >= 15 is 0 Å². The van der Waals surface area contributed by atoms with Gasteiger partial charge >= 0.3 is 0 Å². The lowest BCUT2D eigenvalue weighted by Gasteiger charge is -2.47. The van der Waals surface area contributed by atoms with Crippen LogP contribution >= 0.6 is 0 Å². The zero-order valence-electron chi connectivity index (χ0n) is 15.9. The van der Waals surface area contributed by atoms with Gasteiger partial charge in [0.05, 0.1) is 12.2 Å². The first-order valence-electron chi connectivity index (χ1n) is 9.95. The summed E-state index contributed by atoms with van der Waals surface area (Å²) in [5, 5.41) is 0. The van der Waals surface area contributed by atoms with Gasteiger partial charge in [0.1, 0.15) is 0 Å². The minimum atomic E-state index is 0.184. The molecular weight excluding hydrogens is 326 g/mol. The fourth-order valence-corrected chi connectivity index (χ4v) is 4.64. The highest BCUT2D eigenvalue weighted by Gasteiger charge is 2.45. The molecule has 2 saturated heterocycles. The topological polar surface area (TPSA) is 53.5 Å². The van der Waals surface area contributed by atoms with E-state index in [2.05, 4.69) is 16.8 Å². The van der Waals surface area contributed by atoms with Crippen LogP contribution in [0.25, 0.3) is 0 Å². The van der Waals surface area contributed by atoms with Gasteiger partial charge in [-0.25, -0.2) is 0 Å². The number of hydrogen-bond donors (Lipinski definition) is 0. The Labute approximate surface area is 155 Å². The first-order valence-corrected chi connectivity index (χ1v) is 9.95. The second-order valence-corrected chi connectivity index (χ2v) is 8.66. The van der Waals surface area contributed by atoms with Gasteiger partial charge in [0, 0.05) is 37.7 Å². The Morgan fingerprint density at radius 2 is 2.00 bits per heavy atom. The normalized spacial score (nSPS) is 27.7. The summed E-state index contributed by atoms with van der Waals surface area (Å²) in [6.45, 7) is 7.27. The van der Waals surface area contributed by atoms with Crippen molar-refractivity contribution in [3.05, 3.63) is 29.6 Å². The van der Waals surface area contributed by atoms with Crippen LogP contribution in [0.4, 0.5) is 0 Å². The van der Waals surface area contributed by atoms with E-state index in [1.165, 1.54) is 0 Å². The van der Waals surface area contributed by atoms with Crippen LogP contribution in [0.5, 0.6) is 0 Å². The molecule has 3 heterocycles. The molecule has 2 amide bonds. The molecule has 1 aromatic heterocycles. The number of aryl methyl sites for hydroxylation is 1. The standard InChI is InChI=1S/C21H29N3O2/c1-15-12-18(15)20(26)23-10-8-21(9-11-23)7-6-19(25)24(14-21)13-17-5-3-4-16(2)22-17/h3-5,15,18H,6-14H2,1-2H3/t15-,18-/m0/s1. The molecule has 2 atom stereocenters. The van der Waals surface area contributed by atoms with Crippen LogP contribution in [-0.4, -0.2) is 46.2 Å². The van der Waals surface area contributed by atoms with Gasteiger partial charge in [-0.15, -0.1) is 0 Å². The number of likely N-dealkylation sites (tertiary alicyclic amines) is 2. The van der Waals surface area contributed by atoms with Crippen molar-refractivity contribution in [2.24, 2.45) is 17.3 Å². The molecular formula is C21H29N3O2. The Morgan fingerprint density at radius 3 is 2.65 bits per heavy atom. The lowest BCUT2D eigenvalue weighted by Crippen LogP contribution is -2.52. The van der Waals surface area contributed by atoms with E-state index in [9.17, 15) is 9.59 Å². The molecule has 3 aliphatic rings. The molecule has 1 aromatic rings. The van der Waals surface area contributed by atoms with Gasteiger partial charge in [0.25, 0.3) is 0 Å². The lowest BCUT2D eigenvalue weighted by molar-refractivity contribution is -0.143. The Kier molecular flexibility index (Phi) is 4.49. The Hall–Kier alpha value is -1.91. The minimum absolute atomic E-state index is 0.184. The zero-order valence-corrected chi connectivity index (χ0v) is 15.9. The second kappa shape index (κ2) is 6.67. The molecule has 2 aliphatic heterocycles. The van der Waals surface area contributed by atoms with Gasteiger partial charge in [-0.1, -0.05) is 13.0 Å². The van der Waals surface area contributed by atoms with Crippen molar-refractivity contribution in [1.29, 1.82) is 0 Å². The molecule has 5 nitrogen and oxygen atoms in total. The maximum absolute atomic E-state index is 12.5. The Balaban J connectivity index is 1.38. The third-order valence-electron chi connectivity index (χ3n) is 6.61. The number of carbonyl (C=O) groups excluding carboxylic acids is 2. The third kappa shape index (κ3) is 3.49. The van der Waals surface area contributed by atoms with E-state index in [-0.39, 0.29) is 17.2 Å². The van der Waals surface area contributed by atoms with Crippen LogP contribution < -0.4 is 0 Å². The number of amides is 2. The summed E-state index contributed by atoms with van der Waals surface area (Å²) < 4.78 is 0. The number of aromatic nitrogens is 1. The van der Waals surface area contributed by atoms with Crippen LogP contribution in [0.3, 0.4) is 0 Å². The maximum atomic E-state index is 12.5. The molecule has 140 valence electrons. The quantitative estimate of drug-likeness (QED) is 0.838. The van der Waals surface area contributed by atoms with Gasteiger partial charge in [0.2, 0.25) is 11.8 Å². The van der Waals surface area contributed by atoms with Crippen molar-refractivity contribution in [2.45, 2.75) is 52.5 Å². The number of nitrogens with zero attached hydrogens (tertiary/aromatic N) is 3. The van der Waals surface area contributed by atoms with Crippen molar-refractivity contribution in [2.75, 3.05) is 19.6 Å². The average molecular weight is 355 g/mol. The molecule has 26 heavy (non-hydrogen) atoms. The molecule has 0 unspecified atom stereocenters. The van der Waals surface area contributed by atoms with Gasteiger partial charge in [-0.2, -0.15) is 0 Å². The summed E-state index contributed by atoms with van der Waals surface area (Å²) in [5.74, 6) is 1.45. The van der Waals surface area contributed by atoms with Crippen LogP contribution in [-0.2, 0) is 16.1 Å². The fraction of sp³-hybridized carbons (Fsp3) is 0.667. The van der Waals surface area contributed by atoms with E-state index in [0.29, 0.717) is 24.8 Å². The zero-order chi connectivity index (χ0) is 18.3. The molecule has 3 fully saturated rings. The van der Waals surface area contributed by atoms with Crippen molar-refractivity contribution in [3.63, 3.8) is 0 Å². The fourth-order valence-electron chi connectivity index (χ4n) is 4.64. The molecule has 0 N–H and O–H groups in total. The second-order valence-electron chi connectivity index (χ2n) is 8.66. The highest BCUT2D eigenvalue weighted by molar-refractivity contribution is 5.81. The van der Waals surface area contributed by atoms with E-state index in [0.717, 1.165) is 56.7 Å². The van der Waals surface area contributed by atoms with E-state index in [1.807, 2.05) is 30.0 Å². The van der Waals surface area contributed by atoms with Crippen molar-refractivity contribution in [3.8, 4) is 0 Å². The van der Waals surface area contributed by atoms with E-state index in [1.54, 1.807) is 0 Å². The molecule has 4 rings (SSSR count). The van der Waals surface area contributed by atoms with Gasteiger partial charge in [0.15, 0.2) is 0 Å². The molecule has 0 aromatic carbocycles. The van der Waals surface area contributed by atoms with E-state index < -0.39 is 0 Å². The van der Waals surface area contributed by atoms with Gasteiger partial charge < -0.3 is 9.80 Å². The number of hydrogen-bond acceptors (Lipinski definition) is 3. The predicted octanol–water partition coefficient (Wildman–Crippen LogP) is 2.78. The SMILES string of the molecule is Cc1cccc(CN2CC3(CCC2=O)CCN(C(=O)[C@H]2C[C@@H]2C)CC3)n1. The number of pyridine rings is 1. The summed E-state index contributed by atoms with van der Waals surface area (Å²) in [7, 11) is 0. The van der Waals surface area contributed by atoms with Crippen molar-refractivity contribution < 1.29 is 9.59 Å². The van der Waals surface area contributed by atoms with E-state index in [4.69, 9.17) is 0 Å². The number of rotatable bonds is 3. The lowest BCUT2D eigenvalue weighted by atomic mass is 9.72. The maximum Gasteiger partial charge on any atom is 0.225 e. The number of piperidine rings is 2. The Bertz CT molecular complexity index is 709. The molecule has 0 radical (unpaired) electrons. The summed E-state index contributed by atoms with van der Waals surface area (Å²) in [4.78, 5) is 33.6. The minimum Gasteiger partial charge on any atom is -0.342 e. The number of carbonyl (C=O) groups is 2. The average Bonchev–Trinajstić information content (AvgIpc) is 3.35. The van der Waals surface area contributed by atoms with Crippen molar-refractivity contribution >= 4 is 11.8 Å². The molecule has 0 bridgehead atoms. The highest BCUT2D eigenvalue weighted by atomic mass is 16.2. The first kappa shape index (κ1) is 17.5. The van der Waals surface area contributed by atoms with Crippen LogP contribution in [0, 0.1) is 24.2 Å². The molecule has 1 spiro atoms. The van der Waals surface area contributed by atoms with Gasteiger partial charge in [-0.05, 0) is 56.1 Å². The smallest absolute Gasteiger partial charge is 0.225 e. The first-order chi connectivity index (χ1) is 12.5. The summed E-state index contributed by atoms with van der Waals surface area (Å²) >= 11 is 0. The molecule has 5 heteroatoms. The largest absolute Gasteiger partial charge is 0.342 e. The molecule has 1 aliphatic carbocycles. The van der Waals surface area contributed by atoms with Gasteiger partial charge in [-0.3, -0.25) is 14.6 Å². The van der Waals surface area contributed by atoms with Crippen LogP contribution in [0.15, 0.2) is 18.2 Å². The molecule has 1 saturated carbocycles. The van der Waals surface area contributed by atoms with Crippen LogP contribution in [0.2, 0.25) is 0 Å². The summed E-state index contributed by atoms with van der Waals surface area (Å²) in [6, 6.07) is 5.99.